The van der Waals surface area contributed by atoms with E-state index in [1.165, 1.54) is 0 Å². The molecular formula is C17H28NNaO3S. The molecule has 0 aromatic rings. The molecular weight excluding hydrogens is 321 g/mol. The Hall–Kier alpha value is 0.0300. The molecule has 0 fully saturated rings. The normalized spacial score (nSPS) is 20.3. The smallest absolute Gasteiger partial charge is 0.875 e. The van der Waals surface area contributed by atoms with Crippen LogP contribution in [0, 0.1) is 5.92 Å². The summed E-state index contributed by atoms with van der Waals surface area (Å²) < 4.78 is 0. The van der Waals surface area contributed by atoms with E-state index in [0.717, 1.165) is 18.6 Å². The van der Waals surface area contributed by atoms with Crippen molar-refractivity contribution in [3.05, 3.63) is 11.3 Å². The Bertz CT molecular complexity index is 438. The predicted octanol–water partition coefficient (Wildman–Crippen LogP) is 0.308. The van der Waals surface area contributed by atoms with Crippen LogP contribution < -0.4 is 34.7 Å². The summed E-state index contributed by atoms with van der Waals surface area (Å²) in [5, 5.41) is 16.9. The van der Waals surface area contributed by atoms with Gasteiger partial charge >= 0.3 is 29.6 Å². The Morgan fingerprint density at radius 1 is 1.39 bits per heavy atom. The molecule has 0 N–H and O–H groups in total. The van der Waals surface area contributed by atoms with Crippen LogP contribution in [0.1, 0.15) is 59.8 Å². The molecule has 0 spiro atoms. The van der Waals surface area contributed by atoms with Crippen LogP contribution in [0.25, 0.3) is 0 Å². The number of nitrogens with zero attached hydrogens (tertiary/aromatic N) is 1. The zero-order valence-corrected chi connectivity index (χ0v) is 18.0. The number of carbonyl (C=O) groups excluding carboxylic acids is 1. The van der Waals surface area contributed by atoms with Crippen molar-refractivity contribution in [2.24, 2.45) is 11.1 Å². The first kappa shape index (κ1) is 23.0. The van der Waals surface area contributed by atoms with Gasteiger partial charge in [-0.25, -0.2) is 0 Å². The van der Waals surface area contributed by atoms with Gasteiger partial charge in [-0.1, -0.05) is 32.3 Å². The van der Waals surface area contributed by atoms with E-state index in [4.69, 9.17) is 4.84 Å². The summed E-state index contributed by atoms with van der Waals surface area (Å²) in [5.41, 5.74) is 0.830. The Labute approximate surface area is 166 Å². The van der Waals surface area contributed by atoms with Crippen molar-refractivity contribution in [2.45, 2.75) is 65.0 Å². The van der Waals surface area contributed by atoms with Crippen molar-refractivity contribution in [3.63, 3.8) is 0 Å². The number of Topliss-reactive ketones (excluding diaryl/α,β-unsaturated/α-hetero) is 1. The van der Waals surface area contributed by atoms with Crippen LogP contribution in [0.3, 0.4) is 0 Å². The molecule has 0 heterocycles. The van der Waals surface area contributed by atoms with Gasteiger partial charge in [0.1, 0.15) is 6.61 Å². The van der Waals surface area contributed by atoms with Crippen molar-refractivity contribution < 1.29 is 44.3 Å². The van der Waals surface area contributed by atoms with Gasteiger partial charge in [-0.3, -0.25) is 4.79 Å². The number of ketones is 1. The van der Waals surface area contributed by atoms with Crippen molar-refractivity contribution in [1.82, 2.24) is 0 Å². The van der Waals surface area contributed by atoms with Gasteiger partial charge in [0.15, 0.2) is 5.78 Å². The number of hydrogen-bond donors (Lipinski definition) is 0. The molecule has 0 saturated carbocycles. The molecule has 0 bridgehead atoms. The van der Waals surface area contributed by atoms with Gasteiger partial charge in [0, 0.05) is 17.2 Å². The summed E-state index contributed by atoms with van der Waals surface area (Å²) >= 11 is 1.88. The Kier molecular flexibility index (Phi) is 12.4. The molecule has 0 aromatic heterocycles. The van der Waals surface area contributed by atoms with Crippen LogP contribution in [0.4, 0.5) is 0 Å². The van der Waals surface area contributed by atoms with E-state index in [9.17, 15) is 9.90 Å². The van der Waals surface area contributed by atoms with Crippen LogP contribution in [0.2, 0.25) is 0 Å². The monoisotopic (exact) mass is 349 g/mol. The molecule has 2 unspecified atom stereocenters. The SMILES string of the molecule is CCC/C(=N\OCC)C1=C([O-])CC(CC(C)SCC)CC1=O.[Na+]. The fraction of sp³-hybridized carbons (Fsp3) is 0.765. The minimum absolute atomic E-state index is 0. The summed E-state index contributed by atoms with van der Waals surface area (Å²) in [6.07, 6.45) is 3.30. The van der Waals surface area contributed by atoms with Crippen LogP contribution in [-0.4, -0.2) is 29.1 Å². The van der Waals surface area contributed by atoms with E-state index in [1.54, 1.807) is 0 Å². The molecule has 0 radical (unpaired) electrons. The standard InChI is InChI=1S/C17H29NO3S.Na/c1-5-8-14(18-21-6-2)17-15(19)10-13(11-16(17)20)9-12(4)22-7-3;/h12-13,19H,5-11H2,1-4H3;/q;+1/p-1/b18-14+;. The van der Waals surface area contributed by atoms with E-state index in [-0.39, 0.29) is 47.0 Å². The fourth-order valence-electron chi connectivity index (χ4n) is 2.86. The molecule has 1 aliphatic carbocycles. The van der Waals surface area contributed by atoms with E-state index >= 15 is 0 Å². The first-order valence-corrected chi connectivity index (χ1v) is 9.32. The third-order valence-corrected chi connectivity index (χ3v) is 4.80. The molecule has 0 aromatic carbocycles. The van der Waals surface area contributed by atoms with Crippen LogP contribution in [-0.2, 0) is 9.63 Å². The van der Waals surface area contributed by atoms with Gasteiger partial charge in [-0.15, -0.1) is 5.76 Å². The third-order valence-electron chi connectivity index (χ3n) is 3.70. The number of oxime groups is 1. The second kappa shape index (κ2) is 12.4. The van der Waals surface area contributed by atoms with Crippen molar-refractivity contribution in [3.8, 4) is 0 Å². The first-order chi connectivity index (χ1) is 10.5. The molecule has 6 heteroatoms. The van der Waals surface area contributed by atoms with Crippen molar-refractivity contribution >= 4 is 23.3 Å². The van der Waals surface area contributed by atoms with Gasteiger partial charge in [-0.05, 0) is 37.9 Å². The first-order valence-electron chi connectivity index (χ1n) is 8.27. The zero-order chi connectivity index (χ0) is 16.5. The quantitative estimate of drug-likeness (QED) is 0.341. The molecule has 0 saturated heterocycles. The van der Waals surface area contributed by atoms with Crippen LogP contribution in [0.15, 0.2) is 16.5 Å². The molecule has 2 atom stereocenters. The maximum absolute atomic E-state index is 12.4. The minimum Gasteiger partial charge on any atom is -0.875 e. The van der Waals surface area contributed by atoms with Crippen LogP contribution in [0.5, 0.6) is 0 Å². The van der Waals surface area contributed by atoms with Crippen molar-refractivity contribution in [2.75, 3.05) is 12.4 Å². The molecule has 23 heavy (non-hydrogen) atoms. The Balaban J connectivity index is 0.00000484. The second-order valence-corrected chi connectivity index (χ2v) is 7.42. The number of rotatable bonds is 9. The number of thioether (sulfide) groups is 1. The summed E-state index contributed by atoms with van der Waals surface area (Å²) in [6.45, 7) is 8.58. The topological polar surface area (TPSA) is 61.7 Å². The fourth-order valence-corrected chi connectivity index (χ4v) is 3.84. The number of allylic oxidation sites excluding steroid dienone is 2. The van der Waals surface area contributed by atoms with E-state index in [2.05, 4.69) is 19.0 Å². The molecule has 4 nitrogen and oxygen atoms in total. The molecule has 126 valence electrons. The van der Waals surface area contributed by atoms with Crippen molar-refractivity contribution in [1.29, 1.82) is 0 Å². The predicted molar refractivity (Wildman–Crippen MR) is 90.9 cm³/mol. The van der Waals surface area contributed by atoms with E-state index in [1.807, 2.05) is 25.6 Å². The Morgan fingerprint density at radius 2 is 2.09 bits per heavy atom. The van der Waals surface area contributed by atoms with Gasteiger partial charge < -0.3 is 9.94 Å². The van der Waals surface area contributed by atoms with Gasteiger partial charge in [0.25, 0.3) is 0 Å². The largest absolute Gasteiger partial charge is 1.00 e. The summed E-state index contributed by atoms with van der Waals surface area (Å²) in [4.78, 5) is 17.5. The second-order valence-electron chi connectivity index (χ2n) is 5.70. The third kappa shape index (κ3) is 7.63. The summed E-state index contributed by atoms with van der Waals surface area (Å²) in [5.74, 6) is 1.13. The zero-order valence-electron chi connectivity index (χ0n) is 15.2. The molecule has 0 amide bonds. The Morgan fingerprint density at radius 3 is 2.61 bits per heavy atom. The maximum Gasteiger partial charge on any atom is 1.00 e. The maximum atomic E-state index is 12.4. The number of hydrogen-bond acceptors (Lipinski definition) is 5. The molecule has 0 aliphatic heterocycles. The summed E-state index contributed by atoms with van der Waals surface area (Å²) in [6, 6.07) is 0. The molecule has 1 rings (SSSR count). The van der Waals surface area contributed by atoms with Gasteiger partial charge in [0.05, 0.1) is 5.71 Å². The number of carbonyl (C=O) groups is 1. The average Bonchev–Trinajstić information content (AvgIpc) is 2.44. The van der Waals surface area contributed by atoms with Gasteiger partial charge in [-0.2, -0.15) is 11.8 Å². The molecule has 1 aliphatic rings. The summed E-state index contributed by atoms with van der Waals surface area (Å²) in [7, 11) is 0. The van der Waals surface area contributed by atoms with Gasteiger partial charge in [0.2, 0.25) is 0 Å². The van der Waals surface area contributed by atoms with E-state index < -0.39 is 0 Å². The van der Waals surface area contributed by atoms with E-state index in [0.29, 0.717) is 42.4 Å². The minimum atomic E-state index is -0.0538. The average molecular weight is 349 g/mol. The van der Waals surface area contributed by atoms with Crippen LogP contribution >= 0.6 is 11.8 Å².